The van der Waals surface area contributed by atoms with E-state index >= 15 is 0 Å². The summed E-state index contributed by atoms with van der Waals surface area (Å²) in [4.78, 5) is 23.6. The molecule has 130 valence electrons. The van der Waals surface area contributed by atoms with Gasteiger partial charge in [0.2, 0.25) is 5.91 Å². The van der Waals surface area contributed by atoms with Crippen LogP contribution in [0.5, 0.6) is 0 Å². The molecule has 4 rings (SSSR count). The van der Waals surface area contributed by atoms with Gasteiger partial charge in [0.1, 0.15) is 0 Å². The standard InChI is InChI=1S/C20H24N4O/c1-15-3-2-4-17(22-15)14-24-11-7-20(8-12-24)13-18(19(25)23-20)16-5-9-21-10-6-16/h2-6,9-10,18H,7-8,11-14H2,1H3,(H,23,25)/t18-/m0/s1. The van der Waals surface area contributed by atoms with Crippen molar-refractivity contribution in [2.45, 2.75) is 44.2 Å². The third-order valence-electron chi connectivity index (χ3n) is 5.55. The fraction of sp³-hybridized carbons (Fsp3) is 0.450. The summed E-state index contributed by atoms with van der Waals surface area (Å²) in [7, 11) is 0. The van der Waals surface area contributed by atoms with E-state index in [-0.39, 0.29) is 17.4 Å². The molecule has 0 aliphatic carbocycles. The number of carbonyl (C=O) groups excluding carboxylic acids is 1. The molecule has 0 saturated carbocycles. The molecule has 0 aromatic carbocycles. The molecule has 1 spiro atoms. The Bertz CT molecular complexity index is 753. The molecule has 2 fully saturated rings. The molecule has 5 heteroatoms. The number of carbonyl (C=O) groups is 1. The first kappa shape index (κ1) is 16.2. The second-order valence-electron chi connectivity index (χ2n) is 7.35. The van der Waals surface area contributed by atoms with Crippen molar-refractivity contribution in [3.05, 3.63) is 59.7 Å². The highest BCUT2D eigenvalue weighted by atomic mass is 16.2. The van der Waals surface area contributed by atoms with E-state index in [4.69, 9.17) is 0 Å². The summed E-state index contributed by atoms with van der Waals surface area (Å²) in [6, 6.07) is 10.1. The number of nitrogens with zero attached hydrogens (tertiary/aromatic N) is 3. The van der Waals surface area contributed by atoms with E-state index < -0.39 is 0 Å². The predicted octanol–water partition coefficient (Wildman–Crippen LogP) is 2.42. The van der Waals surface area contributed by atoms with Crippen LogP contribution < -0.4 is 5.32 Å². The van der Waals surface area contributed by atoms with Crippen LogP contribution in [0.15, 0.2) is 42.7 Å². The zero-order valence-electron chi connectivity index (χ0n) is 14.6. The van der Waals surface area contributed by atoms with E-state index in [0.717, 1.165) is 55.8 Å². The second kappa shape index (κ2) is 6.56. The summed E-state index contributed by atoms with van der Waals surface area (Å²) in [5.74, 6) is 0.132. The number of hydrogen-bond acceptors (Lipinski definition) is 4. The third kappa shape index (κ3) is 3.42. The second-order valence-corrected chi connectivity index (χ2v) is 7.35. The summed E-state index contributed by atoms with van der Waals surface area (Å²) < 4.78 is 0. The fourth-order valence-corrected chi connectivity index (χ4v) is 4.13. The molecule has 2 aromatic heterocycles. The molecule has 2 aliphatic rings. The maximum absolute atomic E-state index is 12.5. The van der Waals surface area contributed by atoms with Gasteiger partial charge in [-0.3, -0.25) is 19.7 Å². The Morgan fingerprint density at radius 1 is 1.20 bits per heavy atom. The van der Waals surface area contributed by atoms with Gasteiger partial charge in [-0.2, -0.15) is 0 Å². The van der Waals surface area contributed by atoms with Crippen molar-refractivity contribution >= 4 is 5.91 Å². The van der Waals surface area contributed by atoms with Crippen LogP contribution in [-0.2, 0) is 11.3 Å². The first-order chi connectivity index (χ1) is 12.1. The summed E-state index contributed by atoms with van der Waals surface area (Å²) in [6.07, 6.45) is 6.45. The quantitative estimate of drug-likeness (QED) is 0.935. The molecule has 0 bridgehead atoms. The lowest BCUT2D eigenvalue weighted by atomic mass is 9.82. The predicted molar refractivity (Wildman–Crippen MR) is 96.0 cm³/mol. The number of aryl methyl sites for hydroxylation is 1. The molecular weight excluding hydrogens is 312 g/mol. The summed E-state index contributed by atoms with van der Waals surface area (Å²) in [5, 5.41) is 3.31. The highest BCUT2D eigenvalue weighted by molar-refractivity contribution is 5.87. The average Bonchev–Trinajstić information content (AvgIpc) is 2.94. The zero-order valence-corrected chi connectivity index (χ0v) is 14.6. The number of rotatable bonds is 3. The van der Waals surface area contributed by atoms with Gasteiger partial charge in [-0.1, -0.05) is 6.07 Å². The highest BCUT2D eigenvalue weighted by Gasteiger charge is 2.46. The Labute approximate surface area is 148 Å². The number of nitrogens with one attached hydrogen (secondary N) is 1. The van der Waals surface area contributed by atoms with Crippen molar-refractivity contribution in [3.8, 4) is 0 Å². The van der Waals surface area contributed by atoms with E-state index in [0.29, 0.717) is 0 Å². The Morgan fingerprint density at radius 2 is 1.96 bits per heavy atom. The topological polar surface area (TPSA) is 58.1 Å². The smallest absolute Gasteiger partial charge is 0.228 e. The fourth-order valence-electron chi connectivity index (χ4n) is 4.13. The minimum atomic E-state index is -0.0401. The van der Waals surface area contributed by atoms with E-state index in [1.165, 1.54) is 0 Å². The third-order valence-corrected chi connectivity index (χ3v) is 5.55. The molecule has 2 saturated heterocycles. The van der Waals surface area contributed by atoms with Crippen LogP contribution in [0.3, 0.4) is 0 Å². The number of amides is 1. The van der Waals surface area contributed by atoms with Crippen LogP contribution in [0.2, 0.25) is 0 Å². The summed E-state index contributed by atoms with van der Waals surface area (Å²) in [6.45, 7) is 4.92. The van der Waals surface area contributed by atoms with Gasteiger partial charge >= 0.3 is 0 Å². The molecule has 2 aromatic rings. The lowest BCUT2D eigenvalue weighted by molar-refractivity contribution is -0.121. The van der Waals surface area contributed by atoms with Crippen molar-refractivity contribution in [2.75, 3.05) is 13.1 Å². The largest absolute Gasteiger partial charge is 0.350 e. The van der Waals surface area contributed by atoms with Gasteiger partial charge in [-0.05, 0) is 56.0 Å². The molecule has 0 radical (unpaired) electrons. The molecular formula is C20H24N4O. The molecule has 1 atom stereocenters. The molecule has 5 nitrogen and oxygen atoms in total. The van der Waals surface area contributed by atoms with Gasteiger partial charge in [0.05, 0.1) is 11.6 Å². The van der Waals surface area contributed by atoms with Crippen LogP contribution in [0, 0.1) is 6.92 Å². The lowest BCUT2D eigenvalue weighted by Gasteiger charge is -2.39. The van der Waals surface area contributed by atoms with E-state index in [9.17, 15) is 4.79 Å². The van der Waals surface area contributed by atoms with Crippen molar-refractivity contribution in [3.63, 3.8) is 0 Å². The van der Waals surface area contributed by atoms with Crippen molar-refractivity contribution in [1.29, 1.82) is 0 Å². The zero-order chi connectivity index (χ0) is 17.3. The monoisotopic (exact) mass is 336 g/mol. The molecule has 1 amide bonds. The van der Waals surface area contributed by atoms with Crippen LogP contribution in [0.4, 0.5) is 0 Å². The van der Waals surface area contributed by atoms with Gasteiger partial charge in [0, 0.05) is 43.3 Å². The number of pyridine rings is 2. The van der Waals surface area contributed by atoms with Crippen molar-refractivity contribution < 1.29 is 4.79 Å². The van der Waals surface area contributed by atoms with Gasteiger partial charge in [0.15, 0.2) is 0 Å². The Kier molecular flexibility index (Phi) is 4.25. The van der Waals surface area contributed by atoms with E-state index in [1.807, 2.05) is 25.1 Å². The number of aromatic nitrogens is 2. The van der Waals surface area contributed by atoms with Gasteiger partial charge in [0.25, 0.3) is 0 Å². The van der Waals surface area contributed by atoms with Crippen LogP contribution in [0.1, 0.15) is 42.1 Å². The normalized spacial score (nSPS) is 22.9. The maximum Gasteiger partial charge on any atom is 0.228 e. The first-order valence-electron chi connectivity index (χ1n) is 9.00. The highest BCUT2D eigenvalue weighted by Crippen LogP contribution is 2.39. The van der Waals surface area contributed by atoms with Gasteiger partial charge in [-0.15, -0.1) is 0 Å². The Hall–Kier alpha value is -2.27. The first-order valence-corrected chi connectivity index (χ1v) is 9.00. The Balaban J connectivity index is 1.39. The summed E-state index contributed by atoms with van der Waals surface area (Å²) >= 11 is 0. The minimum Gasteiger partial charge on any atom is -0.350 e. The average molecular weight is 336 g/mol. The minimum absolute atomic E-state index is 0.0343. The van der Waals surface area contributed by atoms with Crippen LogP contribution in [0.25, 0.3) is 0 Å². The van der Waals surface area contributed by atoms with Gasteiger partial charge < -0.3 is 5.32 Å². The molecule has 0 unspecified atom stereocenters. The van der Waals surface area contributed by atoms with E-state index in [2.05, 4.69) is 32.3 Å². The van der Waals surface area contributed by atoms with Crippen molar-refractivity contribution in [2.24, 2.45) is 0 Å². The number of hydrogen-bond donors (Lipinski definition) is 1. The molecule has 4 heterocycles. The molecule has 25 heavy (non-hydrogen) atoms. The SMILES string of the molecule is Cc1cccc(CN2CCC3(CC2)C[C@@H](c2ccncc2)C(=O)N3)n1. The summed E-state index contributed by atoms with van der Waals surface area (Å²) in [5.41, 5.74) is 3.23. The lowest BCUT2D eigenvalue weighted by Crippen LogP contribution is -2.50. The van der Waals surface area contributed by atoms with Crippen molar-refractivity contribution in [1.82, 2.24) is 20.2 Å². The van der Waals surface area contributed by atoms with Crippen LogP contribution in [-0.4, -0.2) is 39.4 Å². The molecule has 2 aliphatic heterocycles. The van der Waals surface area contributed by atoms with Gasteiger partial charge in [-0.25, -0.2) is 0 Å². The maximum atomic E-state index is 12.5. The molecule has 1 N–H and O–H groups in total. The number of piperidine rings is 1. The van der Waals surface area contributed by atoms with Crippen LogP contribution >= 0.6 is 0 Å². The van der Waals surface area contributed by atoms with E-state index in [1.54, 1.807) is 12.4 Å². The number of likely N-dealkylation sites (tertiary alicyclic amines) is 1. The Morgan fingerprint density at radius 3 is 2.68 bits per heavy atom.